The summed E-state index contributed by atoms with van der Waals surface area (Å²) < 4.78 is 0. The van der Waals surface area contributed by atoms with Crippen LogP contribution in [0, 0.1) is 18.3 Å². The number of hydrogen-bond donors (Lipinski definition) is 1. The molecule has 1 aliphatic heterocycles. The monoisotopic (exact) mass is 354 g/mol. The summed E-state index contributed by atoms with van der Waals surface area (Å²) in [5.74, 6) is 0. The SMILES string of the molecule is Cc1cc(Cl)ccc1N1CCN(C(=O)Nc2ccccc2C#N)CC1. The van der Waals surface area contributed by atoms with Crippen molar-refractivity contribution >= 4 is 29.0 Å². The van der Waals surface area contributed by atoms with Crippen LogP contribution in [-0.4, -0.2) is 37.1 Å². The van der Waals surface area contributed by atoms with E-state index >= 15 is 0 Å². The van der Waals surface area contributed by atoms with Gasteiger partial charge in [0.2, 0.25) is 0 Å². The highest BCUT2D eigenvalue weighted by atomic mass is 35.5. The zero-order valence-corrected chi connectivity index (χ0v) is 14.8. The molecule has 0 aliphatic carbocycles. The van der Waals surface area contributed by atoms with Crippen LogP contribution in [0.15, 0.2) is 42.5 Å². The number of hydrogen-bond acceptors (Lipinski definition) is 3. The number of nitrogens with zero attached hydrogens (tertiary/aromatic N) is 3. The number of carbonyl (C=O) groups is 1. The molecule has 0 spiro atoms. The first-order chi connectivity index (χ1) is 12.1. The molecule has 5 nitrogen and oxygen atoms in total. The standard InChI is InChI=1S/C19H19ClN4O/c1-14-12-16(20)6-7-18(14)23-8-10-24(11-9-23)19(25)22-17-5-3-2-4-15(17)13-21/h2-7,12H,8-11H2,1H3,(H,22,25). The second-order valence-electron chi connectivity index (χ2n) is 5.99. The smallest absolute Gasteiger partial charge is 0.322 e. The molecule has 1 aliphatic rings. The van der Waals surface area contributed by atoms with Crippen LogP contribution in [0.25, 0.3) is 0 Å². The summed E-state index contributed by atoms with van der Waals surface area (Å²) in [7, 11) is 0. The third-order valence-corrected chi connectivity index (χ3v) is 4.59. The van der Waals surface area contributed by atoms with Gasteiger partial charge in [0.25, 0.3) is 0 Å². The van der Waals surface area contributed by atoms with Crippen LogP contribution in [0.4, 0.5) is 16.2 Å². The lowest BCUT2D eigenvalue weighted by atomic mass is 10.1. The fourth-order valence-electron chi connectivity index (χ4n) is 3.01. The van der Waals surface area contributed by atoms with Crippen LogP contribution in [0.3, 0.4) is 0 Å². The Morgan fingerprint density at radius 1 is 1.16 bits per heavy atom. The van der Waals surface area contributed by atoms with E-state index in [2.05, 4.69) is 16.3 Å². The molecular weight excluding hydrogens is 336 g/mol. The maximum absolute atomic E-state index is 12.5. The number of urea groups is 1. The van der Waals surface area contributed by atoms with E-state index in [4.69, 9.17) is 16.9 Å². The van der Waals surface area contributed by atoms with Crippen LogP contribution < -0.4 is 10.2 Å². The van der Waals surface area contributed by atoms with Gasteiger partial charge in [-0.3, -0.25) is 0 Å². The molecule has 2 aromatic carbocycles. The largest absolute Gasteiger partial charge is 0.368 e. The van der Waals surface area contributed by atoms with Gasteiger partial charge < -0.3 is 15.1 Å². The molecule has 1 heterocycles. The van der Waals surface area contributed by atoms with Crippen LogP contribution in [0.2, 0.25) is 5.02 Å². The van der Waals surface area contributed by atoms with Crippen LogP contribution in [0.5, 0.6) is 0 Å². The molecule has 0 radical (unpaired) electrons. The lowest BCUT2D eigenvalue weighted by Crippen LogP contribution is -2.50. The van der Waals surface area contributed by atoms with Gasteiger partial charge in [0.1, 0.15) is 6.07 Å². The van der Waals surface area contributed by atoms with Gasteiger partial charge in [0.05, 0.1) is 11.3 Å². The second-order valence-corrected chi connectivity index (χ2v) is 6.43. The minimum Gasteiger partial charge on any atom is -0.368 e. The van der Waals surface area contributed by atoms with Crippen molar-refractivity contribution in [3.05, 3.63) is 58.6 Å². The number of piperazine rings is 1. The normalized spacial score (nSPS) is 14.1. The minimum absolute atomic E-state index is 0.171. The van der Waals surface area contributed by atoms with Gasteiger partial charge in [-0.25, -0.2) is 4.79 Å². The molecule has 1 saturated heterocycles. The van der Waals surface area contributed by atoms with Gasteiger partial charge in [0.15, 0.2) is 0 Å². The van der Waals surface area contributed by atoms with Crippen molar-refractivity contribution < 1.29 is 4.79 Å². The van der Waals surface area contributed by atoms with Crippen LogP contribution in [0.1, 0.15) is 11.1 Å². The van der Waals surface area contributed by atoms with E-state index in [1.807, 2.05) is 25.1 Å². The zero-order chi connectivity index (χ0) is 17.8. The summed E-state index contributed by atoms with van der Waals surface area (Å²) in [6.07, 6.45) is 0. The van der Waals surface area contributed by atoms with Gasteiger partial charge in [0, 0.05) is 36.9 Å². The van der Waals surface area contributed by atoms with Gasteiger partial charge in [-0.15, -0.1) is 0 Å². The first-order valence-corrected chi connectivity index (χ1v) is 8.52. The van der Waals surface area contributed by atoms with E-state index < -0.39 is 0 Å². The third kappa shape index (κ3) is 3.86. The van der Waals surface area contributed by atoms with Crippen molar-refractivity contribution in [2.75, 3.05) is 36.4 Å². The van der Waals surface area contributed by atoms with Crippen molar-refractivity contribution in [3.8, 4) is 6.07 Å². The van der Waals surface area contributed by atoms with E-state index in [0.29, 0.717) is 24.3 Å². The van der Waals surface area contributed by atoms with Crippen molar-refractivity contribution in [3.63, 3.8) is 0 Å². The summed E-state index contributed by atoms with van der Waals surface area (Å²) in [5.41, 5.74) is 3.30. The Balaban J connectivity index is 1.62. The van der Waals surface area contributed by atoms with E-state index in [1.165, 1.54) is 0 Å². The first-order valence-electron chi connectivity index (χ1n) is 8.14. The Labute approximate surface area is 152 Å². The number of rotatable bonds is 2. The quantitative estimate of drug-likeness (QED) is 0.890. The summed E-state index contributed by atoms with van der Waals surface area (Å²) in [5, 5.41) is 12.7. The highest BCUT2D eigenvalue weighted by Crippen LogP contribution is 2.25. The molecule has 3 rings (SSSR count). The molecular formula is C19H19ClN4O. The molecule has 0 aromatic heterocycles. The van der Waals surface area contributed by atoms with E-state index in [1.54, 1.807) is 29.2 Å². The van der Waals surface area contributed by atoms with Gasteiger partial charge in [-0.2, -0.15) is 5.26 Å². The molecule has 128 valence electrons. The number of carbonyl (C=O) groups excluding carboxylic acids is 1. The molecule has 0 unspecified atom stereocenters. The molecule has 1 fully saturated rings. The third-order valence-electron chi connectivity index (χ3n) is 4.36. The second kappa shape index (κ2) is 7.45. The molecule has 6 heteroatoms. The summed E-state index contributed by atoms with van der Waals surface area (Å²) >= 11 is 6.02. The highest BCUT2D eigenvalue weighted by molar-refractivity contribution is 6.30. The molecule has 1 N–H and O–H groups in total. The van der Waals surface area contributed by atoms with Gasteiger partial charge >= 0.3 is 6.03 Å². The number of amides is 2. The summed E-state index contributed by atoms with van der Waals surface area (Å²) in [6.45, 7) is 4.82. The lowest BCUT2D eigenvalue weighted by molar-refractivity contribution is 0.208. The molecule has 0 saturated carbocycles. The molecule has 2 amide bonds. The maximum Gasteiger partial charge on any atom is 0.322 e. The van der Waals surface area contributed by atoms with Crippen molar-refractivity contribution in [2.45, 2.75) is 6.92 Å². The Kier molecular flexibility index (Phi) is 5.11. The van der Waals surface area contributed by atoms with Crippen LogP contribution in [-0.2, 0) is 0 Å². The first kappa shape index (κ1) is 17.1. The Morgan fingerprint density at radius 2 is 1.88 bits per heavy atom. The Morgan fingerprint density at radius 3 is 2.56 bits per heavy atom. The number of anilines is 2. The molecule has 2 aromatic rings. The maximum atomic E-state index is 12.5. The summed E-state index contributed by atoms with van der Waals surface area (Å²) in [6, 6.07) is 14.8. The molecule has 25 heavy (non-hydrogen) atoms. The Hall–Kier alpha value is -2.71. The average Bonchev–Trinajstić information content (AvgIpc) is 2.62. The van der Waals surface area contributed by atoms with Gasteiger partial charge in [-0.05, 0) is 42.8 Å². The number of para-hydroxylation sites is 1. The zero-order valence-electron chi connectivity index (χ0n) is 14.0. The van der Waals surface area contributed by atoms with Crippen molar-refractivity contribution in [1.29, 1.82) is 5.26 Å². The molecule has 0 atom stereocenters. The number of halogens is 1. The number of nitriles is 1. The fourth-order valence-corrected chi connectivity index (χ4v) is 3.23. The average molecular weight is 355 g/mol. The number of nitrogens with one attached hydrogen (secondary N) is 1. The Bertz CT molecular complexity index is 822. The predicted octanol–water partition coefficient (Wildman–Crippen LogP) is 3.87. The van der Waals surface area contributed by atoms with Crippen molar-refractivity contribution in [1.82, 2.24) is 4.90 Å². The van der Waals surface area contributed by atoms with Crippen molar-refractivity contribution in [2.24, 2.45) is 0 Å². The van der Waals surface area contributed by atoms with Crippen LogP contribution >= 0.6 is 11.6 Å². The minimum atomic E-state index is -0.171. The lowest BCUT2D eigenvalue weighted by Gasteiger charge is -2.36. The van der Waals surface area contributed by atoms with E-state index in [0.717, 1.165) is 29.4 Å². The fraction of sp³-hybridized carbons (Fsp3) is 0.263. The molecule has 0 bridgehead atoms. The van der Waals surface area contributed by atoms with E-state index in [9.17, 15) is 4.79 Å². The topological polar surface area (TPSA) is 59.4 Å². The number of benzene rings is 2. The van der Waals surface area contributed by atoms with Gasteiger partial charge in [-0.1, -0.05) is 23.7 Å². The van der Waals surface area contributed by atoms with E-state index in [-0.39, 0.29) is 6.03 Å². The predicted molar refractivity (Wildman–Crippen MR) is 100 cm³/mol. The summed E-state index contributed by atoms with van der Waals surface area (Å²) in [4.78, 5) is 16.5. The highest BCUT2D eigenvalue weighted by Gasteiger charge is 2.22. The number of aryl methyl sites for hydroxylation is 1.